The van der Waals surface area contributed by atoms with E-state index < -0.39 is 5.54 Å². The molecule has 6 heteroatoms. The Hall–Kier alpha value is -1.01. The zero-order valence-electron chi connectivity index (χ0n) is 11.0. The molecule has 1 heterocycles. The normalized spacial score (nSPS) is 27.4. The number of aryl methyl sites for hydroxylation is 2. The lowest BCUT2D eigenvalue weighted by Crippen LogP contribution is -2.46. The Balaban J connectivity index is 2.02. The van der Waals surface area contributed by atoms with Gasteiger partial charge in [-0.1, -0.05) is 0 Å². The maximum Gasteiger partial charge on any atom is 0.325 e. The SMILES string of the molecule is COC(=O)C1(N)CCC(Sc2cc(C)nn2C)C1. The summed E-state index contributed by atoms with van der Waals surface area (Å²) in [6.45, 7) is 1.97. The number of aromatic nitrogens is 2. The van der Waals surface area contributed by atoms with Gasteiger partial charge in [-0.3, -0.25) is 9.48 Å². The molecule has 0 aromatic carbocycles. The lowest BCUT2D eigenvalue weighted by Gasteiger charge is -2.20. The molecule has 2 unspecified atom stereocenters. The number of hydrogen-bond acceptors (Lipinski definition) is 5. The van der Waals surface area contributed by atoms with E-state index in [9.17, 15) is 4.79 Å². The number of nitrogens with zero attached hydrogens (tertiary/aromatic N) is 2. The van der Waals surface area contributed by atoms with Crippen molar-refractivity contribution >= 4 is 17.7 Å². The van der Waals surface area contributed by atoms with Gasteiger partial charge in [0.15, 0.2) is 0 Å². The molecule has 0 amide bonds. The minimum atomic E-state index is -0.806. The van der Waals surface area contributed by atoms with Crippen molar-refractivity contribution in [1.82, 2.24) is 9.78 Å². The average molecular weight is 269 g/mol. The minimum absolute atomic E-state index is 0.299. The van der Waals surface area contributed by atoms with Gasteiger partial charge in [0.2, 0.25) is 0 Å². The molecule has 1 fully saturated rings. The number of rotatable bonds is 3. The predicted octanol–water partition coefficient (Wildman–Crippen LogP) is 1.24. The highest BCUT2D eigenvalue weighted by Crippen LogP contribution is 2.39. The summed E-state index contributed by atoms with van der Waals surface area (Å²) >= 11 is 1.74. The molecule has 1 aliphatic carbocycles. The van der Waals surface area contributed by atoms with Crippen molar-refractivity contribution in [2.45, 2.75) is 42.0 Å². The molecular formula is C12H19N3O2S. The van der Waals surface area contributed by atoms with Crippen LogP contribution in [0.5, 0.6) is 0 Å². The number of carbonyl (C=O) groups is 1. The second-order valence-electron chi connectivity index (χ2n) is 4.88. The van der Waals surface area contributed by atoms with Gasteiger partial charge in [0.1, 0.15) is 5.54 Å². The summed E-state index contributed by atoms with van der Waals surface area (Å²) in [4.78, 5) is 11.6. The van der Waals surface area contributed by atoms with E-state index in [2.05, 4.69) is 11.2 Å². The molecule has 1 aliphatic rings. The molecule has 2 N–H and O–H groups in total. The maximum atomic E-state index is 11.6. The molecule has 18 heavy (non-hydrogen) atoms. The zero-order valence-corrected chi connectivity index (χ0v) is 11.8. The number of hydrogen-bond donors (Lipinski definition) is 1. The summed E-state index contributed by atoms with van der Waals surface area (Å²) in [7, 11) is 3.32. The van der Waals surface area contributed by atoms with Crippen LogP contribution in [-0.2, 0) is 16.6 Å². The molecule has 100 valence electrons. The smallest absolute Gasteiger partial charge is 0.325 e. The van der Waals surface area contributed by atoms with Crippen molar-refractivity contribution in [1.29, 1.82) is 0 Å². The van der Waals surface area contributed by atoms with Crippen molar-refractivity contribution in [3.8, 4) is 0 Å². The first-order chi connectivity index (χ1) is 8.44. The van der Waals surface area contributed by atoms with Crippen LogP contribution in [0.15, 0.2) is 11.1 Å². The Labute approximate surface area is 111 Å². The third-order valence-corrected chi connectivity index (χ3v) is 4.70. The van der Waals surface area contributed by atoms with Crippen LogP contribution in [0.3, 0.4) is 0 Å². The quantitative estimate of drug-likeness (QED) is 0.836. The monoisotopic (exact) mass is 269 g/mol. The van der Waals surface area contributed by atoms with Crippen LogP contribution in [-0.4, -0.2) is 33.6 Å². The summed E-state index contributed by atoms with van der Waals surface area (Å²) < 4.78 is 6.64. The first-order valence-electron chi connectivity index (χ1n) is 5.99. The number of ether oxygens (including phenoxy) is 1. The van der Waals surface area contributed by atoms with E-state index in [1.807, 2.05) is 18.7 Å². The third kappa shape index (κ3) is 2.54. The number of nitrogens with two attached hydrogens (primary N) is 1. The first kappa shape index (κ1) is 13.4. The average Bonchev–Trinajstić information content (AvgIpc) is 2.83. The molecule has 0 spiro atoms. The van der Waals surface area contributed by atoms with Crippen LogP contribution in [0.25, 0.3) is 0 Å². The Morgan fingerprint density at radius 1 is 1.72 bits per heavy atom. The molecule has 5 nitrogen and oxygen atoms in total. The fraction of sp³-hybridized carbons (Fsp3) is 0.667. The molecule has 1 saturated carbocycles. The van der Waals surface area contributed by atoms with E-state index in [-0.39, 0.29) is 5.97 Å². The molecule has 2 atom stereocenters. The fourth-order valence-corrected chi connectivity index (χ4v) is 3.78. The maximum absolute atomic E-state index is 11.6. The van der Waals surface area contributed by atoms with Gasteiger partial charge in [-0.2, -0.15) is 5.10 Å². The van der Waals surface area contributed by atoms with Crippen LogP contribution in [0.4, 0.5) is 0 Å². The van der Waals surface area contributed by atoms with Crippen molar-refractivity contribution in [3.05, 3.63) is 11.8 Å². The van der Waals surface area contributed by atoms with E-state index in [4.69, 9.17) is 10.5 Å². The van der Waals surface area contributed by atoms with E-state index in [0.29, 0.717) is 18.1 Å². The van der Waals surface area contributed by atoms with E-state index in [1.165, 1.54) is 7.11 Å². The van der Waals surface area contributed by atoms with Crippen molar-refractivity contribution in [2.75, 3.05) is 7.11 Å². The minimum Gasteiger partial charge on any atom is -0.468 e. The molecule has 2 rings (SSSR count). The summed E-state index contributed by atoms with van der Waals surface area (Å²) in [5, 5.41) is 5.78. The van der Waals surface area contributed by atoms with Crippen molar-refractivity contribution in [3.63, 3.8) is 0 Å². The van der Waals surface area contributed by atoms with E-state index in [1.54, 1.807) is 11.8 Å². The first-order valence-corrected chi connectivity index (χ1v) is 6.87. The predicted molar refractivity (Wildman–Crippen MR) is 70.4 cm³/mol. The zero-order chi connectivity index (χ0) is 13.3. The van der Waals surface area contributed by atoms with Gasteiger partial charge in [0.25, 0.3) is 0 Å². The van der Waals surface area contributed by atoms with Crippen molar-refractivity contribution in [2.24, 2.45) is 12.8 Å². The van der Waals surface area contributed by atoms with Gasteiger partial charge < -0.3 is 10.5 Å². The lowest BCUT2D eigenvalue weighted by atomic mass is 10.00. The Kier molecular flexibility index (Phi) is 3.68. The Morgan fingerprint density at radius 2 is 2.44 bits per heavy atom. The molecule has 0 bridgehead atoms. The topological polar surface area (TPSA) is 70.1 Å². The molecule has 1 aromatic rings. The van der Waals surface area contributed by atoms with Crippen molar-refractivity contribution < 1.29 is 9.53 Å². The number of esters is 1. The largest absolute Gasteiger partial charge is 0.468 e. The molecule has 0 saturated heterocycles. The highest BCUT2D eigenvalue weighted by molar-refractivity contribution is 7.99. The van der Waals surface area contributed by atoms with Gasteiger partial charge in [-0.25, -0.2) is 0 Å². The van der Waals surface area contributed by atoms with Crippen LogP contribution in [0.2, 0.25) is 0 Å². The summed E-state index contributed by atoms with van der Waals surface area (Å²) in [6, 6.07) is 2.05. The second-order valence-corrected chi connectivity index (χ2v) is 6.20. The summed E-state index contributed by atoms with van der Waals surface area (Å²) in [6.07, 6.45) is 2.28. The standard InChI is InChI=1S/C12H19N3O2S/c1-8-6-10(15(2)14-8)18-9-4-5-12(13,7-9)11(16)17-3/h6,9H,4-5,7,13H2,1-3H3. The van der Waals surface area contributed by atoms with Crippen LogP contribution >= 0.6 is 11.8 Å². The third-order valence-electron chi connectivity index (χ3n) is 3.34. The van der Waals surface area contributed by atoms with Gasteiger partial charge in [0.05, 0.1) is 17.8 Å². The number of carbonyl (C=O) groups excluding carboxylic acids is 1. The highest BCUT2D eigenvalue weighted by Gasteiger charge is 2.43. The van der Waals surface area contributed by atoms with Crippen LogP contribution < -0.4 is 5.73 Å². The fourth-order valence-electron chi connectivity index (χ4n) is 2.39. The number of methoxy groups -OCH3 is 1. The molecule has 0 aliphatic heterocycles. The number of thioether (sulfide) groups is 1. The van der Waals surface area contributed by atoms with Gasteiger partial charge >= 0.3 is 5.97 Å². The van der Waals surface area contributed by atoms with Crippen LogP contribution in [0.1, 0.15) is 25.0 Å². The lowest BCUT2D eigenvalue weighted by molar-refractivity contribution is -0.146. The van der Waals surface area contributed by atoms with Crippen LogP contribution in [0, 0.1) is 6.92 Å². The Morgan fingerprint density at radius 3 is 3.00 bits per heavy atom. The summed E-state index contributed by atoms with van der Waals surface area (Å²) in [5.41, 5.74) is 6.29. The molecule has 1 aromatic heterocycles. The van der Waals surface area contributed by atoms with E-state index >= 15 is 0 Å². The van der Waals surface area contributed by atoms with Gasteiger partial charge in [0, 0.05) is 12.3 Å². The molecule has 0 radical (unpaired) electrons. The highest BCUT2D eigenvalue weighted by atomic mass is 32.2. The van der Waals surface area contributed by atoms with Gasteiger partial charge in [-0.15, -0.1) is 11.8 Å². The Bertz CT molecular complexity index is 460. The van der Waals surface area contributed by atoms with E-state index in [0.717, 1.165) is 17.1 Å². The second kappa shape index (κ2) is 4.93. The summed E-state index contributed by atoms with van der Waals surface area (Å²) in [5.74, 6) is -0.299. The molecular weight excluding hydrogens is 250 g/mol. The van der Waals surface area contributed by atoms with Gasteiger partial charge in [-0.05, 0) is 32.3 Å².